The van der Waals surface area contributed by atoms with Crippen LogP contribution in [0.15, 0.2) is 0 Å². The zero-order valence-electron chi connectivity index (χ0n) is 9.12. The van der Waals surface area contributed by atoms with Crippen molar-refractivity contribution in [2.75, 3.05) is 38.6 Å². The van der Waals surface area contributed by atoms with Gasteiger partial charge in [0.25, 0.3) is 0 Å². The first kappa shape index (κ1) is 12.4. The molecule has 0 aliphatic carbocycles. The molecule has 0 aromatic rings. The van der Waals surface area contributed by atoms with E-state index >= 15 is 0 Å². The molecule has 2 unspecified atom stereocenters. The first-order valence-electron chi connectivity index (χ1n) is 5.30. The molecule has 1 fully saturated rings. The normalized spacial score (nSPS) is 28.7. The van der Waals surface area contributed by atoms with E-state index in [1.807, 2.05) is 0 Å². The Morgan fingerprint density at radius 3 is 2.86 bits per heavy atom. The van der Waals surface area contributed by atoms with Gasteiger partial charge in [0, 0.05) is 24.5 Å². The molecule has 0 bridgehead atoms. The van der Waals surface area contributed by atoms with E-state index in [-0.39, 0.29) is 6.10 Å². The minimum atomic E-state index is -0.235. The third-order valence-electron chi connectivity index (χ3n) is 2.81. The molecule has 1 aliphatic heterocycles. The van der Waals surface area contributed by atoms with Crippen molar-refractivity contribution in [2.24, 2.45) is 0 Å². The van der Waals surface area contributed by atoms with Gasteiger partial charge in [0.15, 0.2) is 0 Å². The molecule has 1 saturated heterocycles. The largest absolute Gasteiger partial charge is 0.391 e. The van der Waals surface area contributed by atoms with Crippen molar-refractivity contribution in [1.29, 1.82) is 0 Å². The summed E-state index contributed by atoms with van der Waals surface area (Å²) in [5, 5.41) is 10.3. The van der Waals surface area contributed by atoms with E-state index in [4.69, 9.17) is 0 Å². The second kappa shape index (κ2) is 6.05. The fourth-order valence-electron chi connectivity index (χ4n) is 2.01. The predicted molar refractivity (Wildman–Crippen MR) is 62.9 cm³/mol. The molecule has 0 spiro atoms. The highest BCUT2D eigenvalue weighted by atomic mass is 79.9. The van der Waals surface area contributed by atoms with Crippen LogP contribution in [0.2, 0.25) is 0 Å². The maximum atomic E-state index is 9.58. The number of aliphatic hydroxyl groups is 1. The quantitative estimate of drug-likeness (QED) is 0.763. The van der Waals surface area contributed by atoms with Crippen LogP contribution in [0.3, 0.4) is 0 Å². The number of likely N-dealkylation sites (N-methyl/N-ethyl adjacent to an activating group) is 1. The highest BCUT2D eigenvalue weighted by Gasteiger charge is 2.21. The summed E-state index contributed by atoms with van der Waals surface area (Å²) in [6, 6.07) is 0.552. The standard InChI is InChI=1S/C10H21BrN2O/c1-9-7-12(2)4-3-5-13(9)8-10(14)6-11/h9-10,14H,3-8H2,1-2H3. The molecule has 4 heteroatoms. The second-order valence-corrected chi connectivity index (χ2v) is 4.92. The minimum Gasteiger partial charge on any atom is -0.391 e. The van der Waals surface area contributed by atoms with Gasteiger partial charge in [-0.1, -0.05) is 15.9 Å². The molecule has 0 aromatic carbocycles. The number of halogens is 1. The van der Waals surface area contributed by atoms with E-state index in [0.717, 1.165) is 19.6 Å². The Bertz CT molecular complexity index is 168. The molecule has 3 nitrogen and oxygen atoms in total. The van der Waals surface area contributed by atoms with Crippen LogP contribution in [-0.4, -0.2) is 65.6 Å². The van der Waals surface area contributed by atoms with Gasteiger partial charge in [0.1, 0.15) is 0 Å². The number of rotatable bonds is 3. The van der Waals surface area contributed by atoms with Crippen LogP contribution in [0.1, 0.15) is 13.3 Å². The molecular formula is C10H21BrN2O. The lowest BCUT2D eigenvalue weighted by atomic mass is 10.2. The fraction of sp³-hybridized carbons (Fsp3) is 1.00. The van der Waals surface area contributed by atoms with E-state index in [1.54, 1.807) is 0 Å². The SMILES string of the molecule is CC1CN(C)CCCN1CC(O)CBr. The first-order chi connectivity index (χ1) is 6.63. The average Bonchev–Trinajstić information content (AvgIpc) is 2.29. The number of nitrogens with zero attached hydrogens (tertiary/aromatic N) is 2. The zero-order valence-corrected chi connectivity index (χ0v) is 10.7. The van der Waals surface area contributed by atoms with Gasteiger partial charge in [-0.15, -0.1) is 0 Å². The summed E-state index contributed by atoms with van der Waals surface area (Å²) in [6.45, 7) is 6.42. The predicted octanol–water partition coefficient (Wildman–Crippen LogP) is 0.768. The molecule has 14 heavy (non-hydrogen) atoms. The number of aliphatic hydroxyl groups excluding tert-OH is 1. The summed E-state index contributed by atoms with van der Waals surface area (Å²) in [5.41, 5.74) is 0. The number of β-amino-alcohol motifs (C(OH)–C–C–N with tert-alkyl or cyclic N) is 1. The van der Waals surface area contributed by atoms with E-state index < -0.39 is 0 Å². The third kappa shape index (κ3) is 3.85. The number of alkyl halides is 1. The smallest absolute Gasteiger partial charge is 0.0763 e. The third-order valence-corrected chi connectivity index (χ3v) is 3.56. The molecule has 0 saturated carbocycles. The maximum absolute atomic E-state index is 9.58. The zero-order chi connectivity index (χ0) is 10.6. The van der Waals surface area contributed by atoms with Crippen LogP contribution in [0, 0.1) is 0 Å². The molecule has 1 rings (SSSR count). The minimum absolute atomic E-state index is 0.235. The summed E-state index contributed by atoms with van der Waals surface area (Å²) in [5.74, 6) is 0. The van der Waals surface area contributed by atoms with Gasteiger partial charge in [0.05, 0.1) is 6.10 Å². The monoisotopic (exact) mass is 264 g/mol. The molecule has 0 aromatic heterocycles. The lowest BCUT2D eigenvalue weighted by molar-refractivity contribution is 0.107. The van der Waals surface area contributed by atoms with Crippen LogP contribution >= 0.6 is 15.9 Å². The van der Waals surface area contributed by atoms with Crippen LogP contribution < -0.4 is 0 Å². The Morgan fingerprint density at radius 1 is 1.50 bits per heavy atom. The highest BCUT2D eigenvalue weighted by molar-refractivity contribution is 9.09. The Labute approximate surface area is 95.2 Å². The van der Waals surface area contributed by atoms with Crippen LogP contribution in [0.25, 0.3) is 0 Å². The van der Waals surface area contributed by atoms with Crippen LogP contribution in [-0.2, 0) is 0 Å². The molecule has 0 radical (unpaired) electrons. The molecular weight excluding hydrogens is 244 g/mol. The second-order valence-electron chi connectivity index (χ2n) is 4.27. The highest BCUT2D eigenvalue weighted by Crippen LogP contribution is 2.09. The van der Waals surface area contributed by atoms with E-state index in [1.165, 1.54) is 13.0 Å². The maximum Gasteiger partial charge on any atom is 0.0763 e. The van der Waals surface area contributed by atoms with E-state index in [0.29, 0.717) is 11.4 Å². The van der Waals surface area contributed by atoms with Gasteiger partial charge in [0.2, 0.25) is 0 Å². The molecule has 1 heterocycles. The summed E-state index contributed by atoms with van der Waals surface area (Å²) in [7, 11) is 2.17. The van der Waals surface area contributed by atoms with Crippen LogP contribution in [0.5, 0.6) is 0 Å². The molecule has 2 atom stereocenters. The van der Waals surface area contributed by atoms with Crippen molar-refractivity contribution in [3.05, 3.63) is 0 Å². The van der Waals surface area contributed by atoms with Crippen molar-refractivity contribution < 1.29 is 5.11 Å². The van der Waals surface area contributed by atoms with Crippen molar-refractivity contribution >= 4 is 15.9 Å². The van der Waals surface area contributed by atoms with Gasteiger partial charge in [-0.25, -0.2) is 0 Å². The van der Waals surface area contributed by atoms with E-state index in [2.05, 4.69) is 39.7 Å². The van der Waals surface area contributed by atoms with Gasteiger partial charge >= 0.3 is 0 Å². The Morgan fingerprint density at radius 2 is 2.21 bits per heavy atom. The summed E-state index contributed by atoms with van der Waals surface area (Å²) >= 11 is 3.31. The van der Waals surface area contributed by atoms with Gasteiger partial charge in [-0.05, 0) is 33.5 Å². The Hall–Kier alpha value is 0.360. The van der Waals surface area contributed by atoms with Crippen molar-refractivity contribution in [2.45, 2.75) is 25.5 Å². The lowest BCUT2D eigenvalue weighted by Gasteiger charge is -2.29. The van der Waals surface area contributed by atoms with Crippen molar-refractivity contribution in [1.82, 2.24) is 9.80 Å². The van der Waals surface area contributed by atoms with Crippen molar-refractivity contribution in [3.63, 3.8) is 0 Å². The lowest BCUT2D eigenvalue weighted by Crippen LogP contribution is -2.42. The first-order valence-corrected chi connectivity index (χ1v) is 6.42. The molecule has 0 amide bonds. The Kier molecular flexibility index (Phi) is 5.38. The van der Waals surface area contributed by atoms with E-state index in [9.17, 15) is 5.11 Å². The van der Waals surface area contributed by atoms with Gasteiger partial charge < -0.3 is 10.0 Å². The topological polar surface area (TPSA) is 26.7 Å². The van der Waals surface area contributed by atoms with Gasteiger partial charge in [-0.2, -0.15) is 0 Å². The van der Waals surface area contributed by atoms with Crippen LogP contribution in [0.4, 0.5) is 0 Å². The summed E-state index contributed by atoms with van der Waals surface area (Å²) in [6.07, 6.45) is 0.969. The number of hydrogen-bond acceptors (Lipinski definition) is 3. The summed E-state index contributed by atoms with van der Waals surface area (Å²) in [4.78, 5) is 4.75. The molecule has 1 N–H and O–H groups in total. The average molecular weight is 265 g/mol. The van der Waals surface area contributed by atoms with Gasteiger partial charge in [-0.3, -0.25) is 4.90 Å². The number of hydrogen-bond donors (Lipinski definition) is 1. The fourth-order valence-corrected chi connectivity index (χ4v) is 2.22. The Balaban J connectivity index is 2.42. The molecule has 84 valence electrons. The van der Waals surface area contributed by atoms with Crippen molar-refractivity contribution in [3.8, 4) is 0 Å². The summed E-state index contributed by atoms with van der Waals surface area (Å²) < 4.78 is 0. The molecule has 1 aliphatic rings.